The molecule has 9 heteroatoms. The molecule has 0 bridgehead atoms. The second-order valence-corrected chi connectivity index (χ2v) is 5.91. The van der Waals surface area contributed by atoms with Crippen molar-refractivity contribution in [1.29, 1.82) is 0 Å². The first kappa shape index (κ1) is 18.8. The van der Waals surface area contributed by atoms with Crippen LogP contribution in [0.5, 0.6) is 5.75 Å². The van der Waals surface area contributed by atoms with Crippen LogP contribution in [0.3, 0.4) is 0 Å². The predicted molar refractivity (Wildman–Crippen MR) is 97.3 cm³/mol. The van der Waals surface area contributed by atoms with Crippen LogP contribution in [-0.2, 0) is 0 Å². The van der Waals surface area contributed by atoms with Crippen LogP contribution in [-0.4, -0.2) is 38.6 Å². The summed E-state index contributed by atoms with van der Waals surface area (Å²) >= 11 is 0. The first-order valence-electron chi connectivity index (χ1n) is 8.39. The summed E-state index contributed by atoms with van der Waals surface area (Å²) in [5.74, 6) is -0.478. The topological polar surface area (TPSA) is 65.6 Å². The first-order chi connectivity index (χ1) is 12.9. The molecule has 3 rings (SSSR count). The number of hydrogen-bond acceptors (Lipinski definition) is 4. The average molecular weight is 380 g/mol. The highest BCUT2D eigenvalue weighted by atomic mass is 19.4. The van der Waals surface area contributed by atoms with Gasteiger partial charge in [-0.05, 0) is 36.4 Å². The summed E-state index contributed by atoms with van der Waals surface area (Å²) in [5, 5.41) is 8.23. The highest BCUT2D eigenvalue weighted by Gasteiger charge is 2.32. The van der Waals surface area contributed by atoms with Gasteiger partial charge in [0.05, 0.1) is 5.69 Å². The van der Waals surface area contributed by atoms with Crippen LogP contribution in [0, 0.1) is 0 Å². The van der Waals surface area contributed by atoms with Gasteiger partial charge in [-0.1, -0.05) is 12.1 Å². The van der Waals surface area contributed by atoms with E-state index in [2.05, 4.69) is 25.6 Å². The van der Waals surface area contributed by atoms with Gasteiger partial charge in [0, 0.05) is 37.6 Å². The second-order valence-electron chi connectivity index (χ2n) is 5.91. The third kappa shape index (κ3) is 5.52. The number of nitrogens with one attached hydrogen (secondary N) is 3. The third-order valence-corrected chi connectivity index (χ3v) is 3.97. The molecule has 1 saturated heterocycles. The lowest BCUT2D eigenvalue weighted by Gasteiger charge is -2.29. The summed E-state index contributed by atoms with van der Waals surface area (Å²) in [6, 6.07) is 12.0. The van der Waals surface area contributed by atoms with Crippen molar-refractivity contribution in [3.63, 3.8) is 0 Å². The van der Waals surface area contributed by atoms with Crippen molar-refractivity contribution in [2.24, 2.45) is 0 Å². The number of halogens is 3. The minimum atomic E-state index is -4.84. The second kappa shape index (κ2) is 8.17. The van der Waals surface area contributed by atoms with E-state index < -0.39 is 18.1 Å². The van der Waals surface area contributed by atoms with Gasteiger partial charge in [0.1, 0.15) is 0 Å². The number of hydrogen-bond donors (Lipinski definition) is 3. The molecule has 2 aromatic rings. The van der Waals surface area contributed by atoms with Crippen molar-refractivity contribution in [2.75, 3.05) is 41.7 Å². The van der Waals surface area contributed by atoms with Gasteiger partial charge in [0.2, 0.25) is 0 Å². The summed E-state index contributed by atoms with van der Waals surface area (Å²) in [5.41, 5.74) is 1.50. The van der Waals surface area contributed by atoms with Gasteiger partial charge in [-0.2, -0.15) is 0 Å². The van der Waals surface area contributed by atoms with Crippen LogP contribution >= 0.6 is 0 Å². The number of para-hydroxylation sites is 2. The van der Waals surface area contributed by atoms with Gasteiger partial charge < -0.3 is 25.6 Å². The Morgan fingerprint density at radius 3 is 2.33 bits per heavy atom. The third-order valence-electron chi connectivity index (χ3n) is 3.97. The van der Waals surface area contributed by atoms with E-state index in [1.807, 2.05) is 12.1 Å². The highest BCUT2D eigenvalue weighted by Crippen LogP contribution is 2.30. The molecular formula is C18H19F3N4O2. The standard InChI is InChI=1S/C18H19F3N4O2/c19-18(20,21)27-16-4-2-1-3-15(16)24-17(26)23-13-5-7-14(8-6-13)25-11-9-22-10-12-25/h1-8,22H,9-12H2,(H2,23,24,26). The van der Waals surface area contributed by atoms with Crippen molar-refractivity contribution >= 4 is 23.1 Å². The fourth-order valence-electron chi connectivity index (χ4n) is 2.75. The minimum absolute atomic E-state index is 0.0789. The summed E-state index contributed by atoms with van der Waals surface area (Å²) in [6.07, 6.45) is -4.84. The van der Waals surface area contributed by atoms with Crippen LogP contribution in [0.2, 0.25) is 0 Å². The molecule has 0 spiro atoms. The molecule has 6 nitrogen and oxygen atoms in total. The van der Waals surface area contributed by atoms with Gasteiger partial charge in [-0.15, -0.1) is 13.2 Å². The number of piperazine rings is 1. The van der Waals surface area contributed by atoms with E-state index in [-0.39, 0.29) is 5.69 Å². The number of nitrogens with zero attached hydrogens (tertiary/aromatic N) is 1. The molecule has 0 aliphatic carbocycles. The molecule has 2 amide bonds. The van der Waals surface area contributed by atoms with Crippen molar-refractivity contribution in [1.82, 2.24) is 5.32 Å². The molecule has 0 atom stereocenters. The number of carbonyl (C=O) groups is 1. The van der Waals surface area contributed by atoms with Crippen LogP contribution in [0.15, 0.2) is 48.5 Å². The highest BCUT2D eigenvalue weighted by molar-refractivity contribution is 6.00. The monoisotopic (exact) mass is 380 g/mol. The number of anilines is 3. The van der Waals surface area contributed by atoms with E-state index in [1.165, 1.54) is 18.2 Å². The van der Waals surface area contributed by atoms with E-state index in [9.17, 15) is 18.0 Å². The molecule has 0 aromatic heterocycles. The van der Waals surface area contributed by atoms with E-state index in [4.69, 9.17) is 0 Å². The Hall–Kier alpha value is -2.94. The summed E-state index contributed by atoms with van der Waals surface area (Å²) in [6.45, 7) is 3.65. The van der Waals surface area contributed by atoms with Gasteiger partial charge in [0.15, 0.2) is 5.75 Å². The Kier molecular flexibility index (Phi) is 5.70. The van der Waals surface area contributed by atoms with Gasteiger partial charge >= 0.3 is 12.4 Å². The Bertz CT molecular complexity index is 775. The number of rotatable bonds is 4. The maximum Gasteiger partial charge on any atom is 0.573 e. The maximum absolute atomic E-state index is 12.4. The largest absolute Gasteiger partial charge is 0.573 e. The van der Waals surface area contributed by atoms with Crippen molar-refractivity contribution in [2.45, 2.75) is 6.36 Å². The quantitative estimate of drug-likeness (QED) is 0.758. The average Bonchev–Trinajstić information content (AvgIpc) is 2.63. The smallest absolute Gasteiger partial charge is 0.404 e. The predicted octanol–water partition coefficient (Wildman–Crippen LogP) is 3.64. The van der Waals surface area contributed by atoms with Gasteiger partial charge in [0.25, 0.3) is 0 Å². The molecule has 1 aliphatic heterocycles. The molecule has 27 heavy (non-hydrogen) atoms. The number of carbonyl (C=O) groups excluding carboxylic acids is 1. The molecule has 3 N–H and O–H groups in total. The zero-order valence-electron chi connectivity index (χ0n) is 14.3. The fraction of sp³-hybridized carbons (Fsp3) is 0.278. The zero-order chi connectivity index (χ0) is 19.3. The Morgan fingerprint density at radius 1 is 1.00 bits per heavy atom. The summed E-state index contributed by atoms with van der Waals surface area (Å²) in [4.78, 5) is 14.3. The van der Waals surface area contributed by atoms with E-state index >= 15 is 0 Å². The molecule has 144 valence electrons. The molecule has 0 unspecified atom stereocenters. The fourth-order valence-corrected chi connectivity index (χ4v) is 2.75. The summed E-state index contributed by atoms with van der Waals surface area (Å²) < 4.78 is 41.2. The lowest BCUT2D eigenvalue weighted by atomic mass is 10.2. The zero-order valence-corrected chi connectivity index (χ0v) is 14.3. The maximum atomic E-state index is 12.4. The van der Waals surface area contributed by atoms with Crippen LogP contribution in [0.1, 0.15) is 0 Å². The molecule has 2 aromatic carbocycles. The summed E-state index contributed by atoms with van der Waals surface area (Å²) in [7, 11) is 0. The van der Waals surface area contributed by atoms with E-state index in [0.29, 0.717) is 5.69 Å². The van der Waals surface area contributed by atoms with E-state index in [0.717, 1.165) is 37.9 Å². The number of benzene rings is 2. The lowest BCUT2D eigenvalue weighted by molar-refractivity contribution is -0.274. The van der Waals surface area contributed by atoms with Crippen LogP contribution in [0.25, 0.3) is 0 Å². The Morgan fingerprint density at radius 2 is 1.67 bits per heavy atom. The van der Waals surface area contributed by atoms with Crippen molar-refractivity contribution in [3.8, 4) is 5.75 Å². The van der Waals surface area contributed by atoms with Gasteiger partial charge in [-0.3, -0.25) is 0 Å². The minimum Gasteiger partial charge on any atom is -0.404 e. The van der Waals surface area contributed by atoms with Crippen LogP contribution < -0.4 is 25.6 Å². The normalized spacial score (nSPS) is 14.6. The Balaban J connectivity index is 1.61. The number of urea groups is 1. The van der Waals surface area contributed by atoms with Gasteiger partial charge in [-0.25, -0.2) is 4.79 Å². The number of ether oxygens (including phenoxy) is 1. The van der Waals surface area contributed by atoms with E-state index in [1.54, 1.807) is 12.1 Å². The van der Waals surface area contributed by atoms with Crippen molar-refractivity contribution < 1.29 is 22.7 Å². The SMILES string of the molecule is O=C(Nc1ccc(N2CCNCC2)cc1)Nc1ccccc1OC(F)(F)F. The molecule has 1 aliphatic rings. The Labute approximate surface area is 154 Å². The molecule has 1 fully saturated rings. The molecular weight excluding hydrogens is 361 g/mol. The molecule has 1 heterocycles. The molecule has 0 saturated carbocycles. The van der Waals surface area contributed by atoms with Crippen molar-refractivity contribution in [3.05, 3.63) is 48.5 Å². The lowest BCUT2D eigenvalue weighted by Crippen LogP contribution is -2.43. The molecule has 0 radical (unpaired) electrons. The number of alkyl halides is 3. The van der Waals surface area contributed by atoms with Crippen LogP contribution in [0.4, 0.5) is 35.0 Å². The first-order valence-corrected chi connectivity index (χ1v) is 8.39. The number of amides is 2.